The fourth-order valence-electron chi connectivity index (χ4n) is 2.02. The van der Waals surface area contributed by atoms with Crippen molar-refractivity contribution in [3.05, 3.63) is 52.2 Å². The molecule has 5 heteroatoms. The highest BCUT2D eigenvalue weighted by Gasteiger charge is 2.18. The van der Waals surface area contributed by atoms with E-state index in [-0.39, 0.29) is 12.0 Å². The lowest BCUT2D eigenvalue weighted by Gasteiger charge is -2.18. The van der Waals surface area contributed by atoms with E-state index in [1.807, 2.05) is 36.4 Å². The molecule has 1 N–H and O–H groups in total. The molecule has 0 aliphatic rings. The van der Waals surface area contributed by atoms with Crippen molar-refractivity contribution < 1.29 is 14.3 Å². The summed E-state index contributed by atoms with van der Waals surface area (Å²) < 4.78 is 11.1. The molecule has 22 heavy (non-hydrogen) atoms. The number of rotatable bonds is 7. The van der Waals surface area contributed by atoms with E-state index < -0.39 is 6.10 Å². The van der Waals surface area contributed by atoms with Gasteiger partial charge in [-0.05, 0) is 38.1 Å². The lowest BCUT2D eigenvalue weighted by molar-refractivity contribution is -0.127. The van der Waals surface area contributed by atoms with Crippen LogP contribution in [0.4, 0.5) is 0 Å². The van der Waals surface area contributed by atoms with Crippen LogP contribution in [0.5, 0.6) is 5.75 Å². The second-order valence-corrected chi connectivity index (χ2v) is 6.31. The Balaban J connectivity index is 1.85. The highest BCUT2D eigenvalue weighted by atomic mass is 32.1. The maximum Gasteiger partial charge on any atom is 0.260 e. The molecule has 0 aliphatic heterocycles. The van der Waals surface area contributed by atoms with Crippen LogP contribution < -0.4 is 10.1 Å². The van der Waals surface area contributed by atoms with Crippen LogP contribution >= 0.6 is 11.3 Å². The molecule has 0 spiro atoms. The van der Waals surface area contributed by atoms with Crippen LogP contribution in [0.3, 0.4) is 0 Å². The maximum atomic E-state index is 12.1. The normalized spacial score (nSPS) is 13.4. The molecular formula is C17H21NO3S. The minimum absolute atomic E-state index is 0.133. The highest BCUT2D eigenvalue weighted by Crippen LogP contribution is 2.24. The van der Waals surface area contributed by atoms with Gasteiger partial charge in [0.2, 0.25) is 0 Å². The molecule has 0 radical (unpaired) electrons. The van der Waals surface area contributed by atoms with Gasteiger partial charge in [-0.3, -0.25) is 4.79 Å². The van der Waals surface area contributed by atoms with Gasteiger partial charge < -0.3 is 14.8 Å². The number of hydrogen-bond donors (Lipinski definition) is 1. The Kier molecular flexibility index (Phi) is 5.98. The van der Waals surface area contributed by atoms with E-state index in [0.717, 1.165) is 4.88 Å². The average Bonchev–Trinajstić information content (AvgIpc) is 2.95. The summed E-state index contributed by atoms with van der Waals surface area (Å²) >= 11 is 1.68. The zero-order valence-corrected chi connectivity index (χ0v) is 13.9. The van der Waals surface area contributed by atoms with E-state index in [0.29, 0.717) is 12.3 Å². The van der Waals surface area contributed by atoms with Gasteiger partial charge in [0, 0.05) is 23.4 Å². The minimum atomic E-state index is -0.551. The predicted molar refractivity (Wildman–Crippen MR) is 88.3 cm³/mol. The molecule has 0 saturated heterocycles. The molecule has 2 aromatic rings. The highest BCUT2D eigenvalue weighted by molar-refractivity contribution is 7.12. The molecule has 2 atom stereocenters. The SMILES string of the molecule is COC(CNC(=O)C(C)Oc1ccccc1)c1ccc(C)s1. The van der Waals surface area contributed by atoms with Gasteiger partial charge in [-0.25, -0.2) is 0 Å². The van der Waals surface area contributed by atoms with Gasteiger partial charge in [0.1, 0.15) is 11.9 Å². The third-order valence-corrected chi connectivity index (χ3v) is 4.34. The summed E-state index contributed by atoms with van der Waals surface area (Å²) in [5, 5.41) is 2.88. The molecule has 1 aromatic carbocycles. The van der Waals surface area contributed by atoms with E-state index in [1.165, 1.54) is 4.88 Å². The second kappa shape index (κ2) is 7.96. The number of thiophene rings is 1. The van der Waals surface area contributed by atoms with Crippen molar-refractivity contribution in [3.8, 4) is 5.75 Å². The van der Waals surface area contributed by atoms with Gasteiger partial charge in [-0.1, -0.05) is 18.2 Å². The standard InChI is InChI=1S/C17H21NO3S/c1-12-9-10-16(22-12)15(20-3)11-18-17(19)13(2)21-14-7-5-4-6-8-14/h4-10,13,15H,11H2,1-3H3,(H,18,19). The molecule has 0 saturated carbocycles. The molecule has 1 heterocycles. The number of carbonyl (C=O) groups excluding carboxylic acids is 1. The smallest absolute Gasteiger partial charge is 0.260 e. The number of methoxy groups -OCH3 is 1. The monoisotopic (exact) mass is 319 g/mol. The first-order valence-electron chi connectivity index (χ1n) is 7.18. The number of benzene rings is 1. The lowest BCUT2D eigenvalue weighted by Crippen LogP contribution is -2.38. The van der Waals surface area contributed by atoms with Crippen molar-refractivity contribution in [2.75, 3.05) is 13.7 Å². The number of amides is 1. The Morgan fingerprint density at radius 2 is 1.95 bits per heavy atom. The summed E-state index contributed by atoms with van der Waals surface area (Å²) in [6.07, 6.45) is -0.684. The van der Waals surface area contributed by atoms with Gasteiger partial charge in [-0.15, -0.1) is 11.3 Å². The van der Waals surface area contributed by atoms with Crippen LogP contribution in [-0.4, -0.2) is 25.7 Å². The summed E-state index contributed by atoms with van der Waals surface area (Å²) in [5.74, 6) is 0.529. The predicted octanol–water partition coefficient (Wildman–Crippen LogP) is 3.33. The quantitative estimate of drug-likeness (QED) is 0.851. The summed E-state index contributed by atoms with van der Waals surface area (Å²) in [6, 6.07) is 13.4. The van der Waals surface area contributed by atoms with E-state index in [2.05, 4.69) is 18.3 Å². The first kappa shape index (κ1) is 16.5. The van der Waals surface area contributed by atoms with Crippen LogP contribution in [0, 0.1) is 6.92 Å². The summed E-state index contributed by atoms with van der Waals surface area (Å²) in [4.78, 5) is 14.5. The summed E-state index contributed by atoms with van der Waals surface area (Å²) in [5.41, 5.74) is 0. The second-order valence-electron chi connectivity index (χ2n) is 4.99. The zero-order chi connectivity index (χ0) is 15.9. The zero-order valence-electron chi connectivity index (χ0n) is 13.0. The van der Waals surface area contributed by atoms with Gasteiger partial charge in [-0.2, -0.15) is 0 Å². The molecule has 0 fully saturated rings. The molecule has 118 valence electrons. The first-order valence-corrected chi connectivity index (χ1v) is 8.00. The molecule has 2 rings (SSSR count). The van der Waals surface area contributed by atoms with Crippen LogP contribution in [0.1, 0.15) is 22.8 Å². The largest absolute Gasteiger partial charge is 0.481 e. The molecular weight excluding hydrogens is 298 g/mol. The summed E-state index contributed by atoms with van der Waals surface area (Å²) in [6.45, 7) is 4.21. The fourth-order valence-corrected chi connectivity index (χ4v) is 2.98. The van der Waals surface area contributed by atoms with E-state index in [1.54, 1.807) is 25.4 Å². The Hall–Kier alpha value is -1.85. The van der Waals surface area contributed by atoms with Crippen molar-refractivity contribution in [2.45, 2.75) is 26.1 Å². The Morgan fingerprint density at radius 3 is 2.55 bits per heavy atom. The third-order valence-electron chi connectivity index (χ3n) is 3.25. The average molecular weight is 319 g/mol. The number of ether oxygens (including phenoxy) is 2. The van der Waals surface area contributed by atoms with Gasteiger partial charge >= 0.3 is 0 Å². The third kappa shape index (κ3) is 4.58. The number of carbonyl (C=O) groups is 1. The lowest BCUT2D eigenvalue weighted by atomic mass is 10.2. The van der Waals surface area contributed by atoms with E-state index >= 15 is 0 Å². The van der Waals surface area contributed by atoms with Crippen molar-refractivity contribution in [2.24, 2.45) is 0 Å². The molecule has 1 aromatic heterocycles. The topological polar surface area (TPSA) is 47.6 Å². The van der Waals surface area contributed by atoms with E-state index in [9.17, 15) is 4.79 Å². The minimum Gasteiger partial charge on any atom is -0.481 e. The Morgan fingerprint density at radius 1 is 1.23 bits per heavy atom. The number of hydrogen-bond acceptors (Lipinski definition) is 4. The molecule has 2 unspecified atom stereocenters. The van der Waals surface area contributed by atoms with Crippen molar-refractivity contribution in [3.63, 3.8) is 0 Å². The van der Waals surface area contributed by atoms with Gasteiger partial charge in [0.25, 0.3) is 5.91 Å². The van der Waals surface area contributed by atoms with E-state index in [4.69, 9.17) is 9.47 Å². The van der Waals surface area contributed by atoms with Crippen LogP contribution in [0.15, 0.2) is 42.5 Å². The van der Waals surface area contributed by atoms with Crippen LogP contribution in [0.25, 0.3) is 0 Å². The van der Waals surface area contributed by atoms with Gasteiger partial charge in [0.15, 0.2) is 6.10 Å². The maximum absolute atomic E-state index is 12.1. The molecule has 0 aliphatic carbocycles. The Bertz CT molecular complexity index is 597. The number of para-hydroxylation sites is 1. The molecule has 4 nitrogen and oxygen atoms in total. The molecule has 0 bridgehead atoms. The number of aryl methyl sites for hydroxylation is 1. The first-order chi connectivity index (χ1) is 10.6. The van der Waals surface area contributed by atoms with Crippen LogP contribution in [0.2, 0.25) is 0 Å². The fraction of sp³-hybridized carbons (Fsp3) is 0.353. The number of nitrogens with one attached hydrogen (secondary N) is 1. The Labute approximate surface area is 135 Å². The summed E-state index contributed by atoms with van der Waals surface area (Å²) in [7, 11) is 1.65. The van der Waals surface area contributed by atoms with Crippen molar-refractivity contribution in [1.82, 2.24) is 5.32 Å². The van der Waals surface area contributed by atoms with Crippen molar-refractivity contribution in [1.29, 1.82) is 0 Å². The molecule has 1 amide bonds. The van der Waals surface area contributed by atoms with Crippen LogP contribution in [-0.2, 0) is 9.53 Å². The van der Waals surface area contributed by atoms with Gasteiger partial charge in [0.05, 0.1) is 0 Å². The van der Waals surface area contributed by atoms with Crippen molar-refractivity contribution >= 4 is 17.2 Å².